The van der Waals surface area contributed by atoms with E-state index in [4.69, 9.17) is 9.73 Å². The molecule has 3 heterocycles. The number of amides is 1. The standard InChI is InChI=1S/C22H37N7O2.HI/c1-5-23-19(27-13-15-28(16-14-27)20-24-10-8-11-25-20)26-17-18-9-6-7-12-29(18)21(30)31-22(2,3)4;/h8,10-11,18H,5-7,9,12-17H2,1-4H3,(H,23,26);1H. The van der Waals surface area contributed by atoms with Crippen LogP contribution in [0.15, 0.2) is 23.5 Å². The molecule has 10 heteroatoms. The molecule has 1 aromatic rings. The third-order valence-electron chi connectivity index (χ3n) is 5.46. The number of aromatic nitrogens is 2. The molecule has 9 nitrogen and oxygen atoms in total. The van der Waals surface area contributed by atoms with Crippen molar-refractivity contribution >= 4 is 42.0 Å². The molecule has 3 rings (SSSR count). The predicted octanol–water partition coefficient (Wildman–Crippen LogP) is 2.97. The third-order valence-corrected chi connectivity index (χ3v) is 5.46. The Kier molecular flexibility index (Phi) is 10.2. The van der Waals surface area contributed by atoms with Gasteiger partial charge in [-0.3, -0.25) is 4.99 Å². The zero-order valence-corrected chi connectivity index (χ0v) is 22.1. The maximum Gasteiger partial charge on any atom is 0.410 e. The molecule has 1 atom stereocenters. The maximum atomic E-state index is 12.7. The topological polar surface area (TPSA) is 86.2 Å². The summed E-state index contributed by atoms with van der Waals surface area (Å²) in [6.07, 6.45) is 6.42. The second kappa shape index (κ2) is 12.4. The minimum absolute atomic E-state index is 0. The highest BCUT2D eigenvalue weighted by Gasteiger charge is 2.30. The molecule has 2 fully saturated rings. The SMILES string of the molecule is CCNC(=NCC1CCCCN1C(=O)OC(C)(C)C)N1CCN(c2ncccn2)CC1.I. The third kappa shape index (κ3) is 7.63. The van der Waals surface area contributed by atoms with Gasteiger partial charge < -0.3 is 24.8 Å². The lowest BCUT2D eigenvalue weighted by Gasteiger charge is -2.38. The van der Waals surface area contributed by atoms with E-state index in [2.05, 4.69) is 32.0 Å². The number of hydrogen-bond acceptors (Lipinski definition) is 6. The van der Waals surface area contributed by atoms with Gasteiger partial charge in [-0.25, -0.2) is 14.8 Å². The molecule has 1 N–H and O–H groups in total. The second-order valence-corrected chi connectivity index (χ2v) is 9.04. The maximum absolute atomic E-state index is 12.7. The van der Waals surface area contributed by atoms with Crippen molar-refractivity contribution in [2.24, 2.45) is 4.99 Å². The number of carbonyl (C=O) groups is 1. The number of anilines is 1. The molecule has 0 spiro atoms. The summed E-state index contributed by atoms with van der Waals surface area (Å²) in [5.74, 6) is 1.69. The first-order chi connectivity index (χ1) is 14.9. The van der Waals surface area contributed by atoms with Crippen LogP contribution in [0.5, 0.6) is 0 Å². The fourth-order valence-electron chi connectivity index (χ4n) is 3.94. The Morgan fingerprint density at radius 1 is 1.16 bits per heavy atom. The largest absolute Gasteiger partial charge is 0.444 e. The van der Waals surface area contributed by atoms with Crippen molar-refractivity contribution in [1.82, 2.24) is 25.1 Å². The fourth-order valence-corrected chi connectivity index (χ4v) is 3.94. The quantitative estimate of drug-likeness (QED) is 0.345. The number of piperidine rings is 1. The van der Waals surface area contributed by atoms with Crippen LogP contribution in [0.25, 0.3) is 0 Å². The van der Waals surface area contributed by atoms with E-state index in [0.29, 0.717) is 6.54 Å². The minimum Gasteiger partial charge on any atom is -0.444 e. The molecular weight excluding hydrogens is 521 g/mol. The van der Waals surface area contributed by atoms with Gasteiger partial charge in [0.15, 0.2) is 5.96 Å². The Morgan fingerprint density at radius 3 is 2.47 bits per heavy atom. The highest BCUT2D eigenvalue weighted by atomic mass is 127. The van der Waals surface area contributed by atoms with E-state index in [-0.39, 0.29) is 36.1 Å². The van der Waals surface area contributed by atoms with E-state index in [0.717, 1.165) is 70.4 Å². The lowest BCUT2D eigenvalue weighted by molar-refractivity contribution is 0.0109. The van der Waals surface area contributed by atoms with Gasteiger partial charge in [0.05, 0.1) is 12.6 Å². The molecule has 0 radical (unpaired) electrons. The van der Waals surface area contributed by atoms with Crippen LogP contribution < -0.4 is 10.2 Å². The number of nitrogens with one attached hydrogen (secondary N) is 1. The van der Waals surface area contributed by atoms with Crippen molar-refractivity contribution in [3.05, 3.63) is 18.5 Å². The first-order valence-corrected chi connectivity index (χ1v) is 11.4. The van der Waals surface area contributed by atoms with Crippen LogP contribution in [-0.2, 0) is 4.74 Å². The second-order valence-electron chi connectivity index (χ2n) is 9.04. The molecule has 0 aliphatic carbocycles. The highest BCUT2D eigenvalue weighted by Crippen LogP contribution is 2.21. The summed E-state index contributed by atoms with van der Waals surface area (Å²) < 4.78 is 5.63. The number of nitrogens with zero attached hydrogens (tertiary/aromatic N) is 6. The molecule has 2 saturated heterocycles. The molecule has 180 valence electrons. The first-order valence-electron chi connectivity index (χ1n) is 11.4. The van der Waals surface area contributed by atoms with Crippen LogP contribution in [0, 0.1) is 0 Å². The molecular formula is C22H38IN7O2. The lowest BCUT2D eigenvalue weighted by atomic mass is 10.0. The van der Waals surface area contributed by atoms with Crippen LogP contribution in [0.4, 0.5) is 10.7 Å². The number of hydrogen-bond donors (Lipinski definition) is 1. The van der Waals surface area contributed by atoms with Crippen LogP contribution in [-0.4, -0.2) is 89.3 Å². The predicted molar refractivity (Wildman–Crippen MR) is 138 cm³/mol. The van der Waals surface area contributed by atoms with Gasteiger partial charge in [0.25, 0.3) is 0 Å². The van der Waals surface area contributed by atoms with Gasteiger partial charge >= 0.3 is 6.09 Å². The Labute approximate surface area is 209 Å². The number of aliphatic imine (C=N–C) groups is 1. The van der Waals surface area contributed by atoms with Gasteiger partial charge in [0.2, 0.25) is 5.95 Å². The minimum atomic E-state index is -0.487. The Bertz CT molecular complexity index is 734. The molecule has 2 aliphatic rings. The van der Waals surface area contributed by atoms with Crippen molar-refractivity contribution < 1.29 is 9.53 Å². The number of carbonyl (C=O) groups excluding carboxylic acids is 1. The van der Waals surface area contributed by atoms with E-state index in [9.17, 15) is 4.79 Å². The Balaban J connectivity index is 0.00000363. The summed E-state index contributed by atoms with van der Waals surface area (Å²) >= 11 is 0. The summed E-state index contributed by atoms with van der Waals surface area (Å²) in [7, 11) is 0. The average Bonchev–Trinajstić information content (AvgIpc) is 2.76. The smallest absolute Gasteiger partial charge is 0.410 e. The van der Waals surface area contributed by atoms with Crippen molar-refractivity contribution in [3.8, 4) is 0 Å². The van der Waals surface area contributed by atoms with Crippen LogP contribution in [0.3, 0.4) is 0 Å². The van der Waals surface area contributed by atoms with Crippen molar-refractivity contribution in [3.63, 3.8) is 0 Å². The summed E-state index contributed by atoms with van der Waals surface area (Å²) in [6.45, 7) is 13.3. The Morgan fingerprint density at radius 2 is 1.84 bits per heavy atom. The normalized spacial score (nSPS) is 19.9. The van der Waals surface area contributed by atoms with E-state index < -0.39 is 5.60 Å². The molecule has 1 unspecified atom stereocenters. The van der Waals surface area contributed by atoms with Gasteiger partial charge in [-0.15, -0.1) is 24.0 Å². The van der Waals surface area contributed by atoms with Crippen LogP contribution in [0.1, 0.15) is 47.0 Å². The molecule has 0 aromatic carbocycles. The molecule has 1 aromatic heterocycles. The zero-order chi connectivity index (χ0) is 22.3. The molecule has 0 bridgehead atoms. The van der Waals surface area contributed by atoms with Crippen LogP contribution >= 0.6 is 24.0 Å². The summed E-state index contributed by atoms with van der Waals surface area (Å²) in [6, 6.07) is 1.91. The Hall–Kier alpha value is -1.85. The van der Waals surface area contributed by atoms with Gasteiger partial charge in [-0.1, -0.05) is 0 Å². The average molecular weight is 559 g/mol. The zero-order valence-electron chi connectivity index (χ0n) is 19.8. The number of ether oxygens (including phenoxy) is 1. The van der Waals surface area contributed by atoms with E-state index in [1.807, 2.05) is 31.7 Å². The van der Waals surface area contributed by atoms with Gasteiger partial charge in [0.1, 0.15) is 5.60 Å². The molecule has 1 amide bonds. The summed E-state index contributed by atoms with van der Waals surface area (Å²) in [4.78, 5) is 32.7. The highest BCUT2D eigenvalue weighted by molar-refractivity contribution is 14.0. The number of guanidine groups is 1. The van der Waals surface area contributed by atoms with E-state index in [1.165, 1.54) is 0 Å². The van der Waals surface area contributed by atoms with E-state index in [1.54, 1.807) is 12.4 Å². The van der Waals surface area contributed by atoms with Crippen molar-refractivity contribution in [1.29, 1.82) is 0 Å². The lowest BCUT2D eigenvalue weighted by Crippen LogP contribution is -2.53. The van der Waals surface area contributed by atoms with Crippen molar-refractivity contribution in [2.75, 3.05) is 50.7 Å². The van der Waals surface area contributed by atoms with Crippen molar-refractivity contribution in [2.45, 2.75) is 58.6 Å². The van der Waals surface area contributed by atoms with E-state index >= 15 is 0 Å². The first kappa shape index (κ1) is 26.4. The number of piperazine rings is 1. The number of rotatable bonds is 4. The summed E-state index contributed by atoms with van der Waals surface area (Å²) in [5.41, 5.74) is -0.487. The molecule has 32 heavy (non-hydrogen) atoms. The number of likely N-dealkylation sites (tertiary alicyclic amines) is 1. The molecule has 0 saturated carbocycles. The fraction of sp³-hybridized carbons (Fsp3) is 0.727. The summed E-state index contributed by atoms with van der Waals surface area (Å²) in [5, 5.41) is 3.42. The monoisotopic (exact) mass is 559 g/mol. The number of halogens is 1. The van der Waals surface area contributed by atoms with Gasteiger partial charge in [0, 0.05) is 51.7 Å². The van der Waals surface area contributed by atoms with Gasteiger partial charge in [-0.2, -0.15) is 0 Å². The van der Waals surface area contributed by atoms with Gasteiger partial charge in [-0.05, 0) is 53.0 Å². The van der Waals surface area contributed by atoms with Crippen LogP contribution in [0.2, 0.25) is 0 Å². The molecule has 2 aliphatic heterocycles.